The van der Waals surface area contributed by atoms with Crippen molar-refractivity contribution in [2.24, 2.45) is 0 Å². The van der Waals surface area contributed by atoms with Crippen molar-refractivity contribution in [3.63, 3.8) is 0 Å². The Morgan fingerprint density at radius 1 is 1.42 bits per heavy atom. The minimum absolute atomic E-state index is 0.130. The van der Waals surface area contributed by atoms with Gasteiger partial charge in [0.25, 0.3) is 5.78 Å². The Morgan fingerprint density at radius 3 is 2.84 bits per heavy atom. The lowest BCUT2D eigenvalue weighted by Crippen LogP contribution is -2.36. The Labute approximate surface area is 108 Å². The van der Waals surface area contributed by atoms with E-state index in [2.05, 4.69) is 15.1 Å². The van der Waals surface area contributed by atoms with Crippen molar-refractivity contribution < 1.29 is 14.6 Å². The molecule has 1 aliphatic heterocycles. The van der Waals surface area contributed by atoms with Gasteiger partial charge in [-0.1, -0.05) is 0 Å². The molecule has 19 heavy (non-hydrogen) atoms. The number of carboxylic acids is 1. The third-order valence-electron chi connectivity index (χ3n) is 3.12. The van der Waals surface area contributed by atoms with Crippen molar-refractivity contribution >= 4 is 17.7 Å². The highest BCUT2D eigenvalue weighted by molar-refractivity contribution is 5.88. The number of nitrogens with zero attached hydrogens (tertiary/aromatic N) is 5. The van der Waals surface area contributed by atoms with E-state index in [4.69, 9.17) is 9.84 Å². The zero-order valence-electron chi connectivity index (χ0n) is 10.4. The van der Waals surface area contributed by atoms with Gasteiger partial charge in [0, 0.05) is 19.3 Å². The Kier molecular flexibility index (Phi) is 2.79. The lowest BCUT2D eigenvalue weighted by molar-refractivity contribution is 0.0695. The van der Waals surface area contributed by atoms with Crippen LogP contribution >= 0.6 is 0 Å². The highest BCUT2D eigenvalue weighted by Gasteiger charge is 2.19. The third-order valence-corrected chi connectivity index (χ3v) is 3.12. The van der Waals surface area contributed by atoms with Gasteiger partial charge in [-0.15, -0.1) is 5.10 Å². The van der Waals surface area contributed by atoms with Gasteiger partial charge in [0.05, 0.1) is 24.5 Å². The predicted molar refractivity (Wildman–Crippen MR) is 65.5 cm³/mol. The smallest absolute Gasteiger partial charge is 0.339 e. The molecule has 3 heterocycles. The van der Waals surface area contributed by atoms with Crippen molar-refractivity contribution in [1.29, 1.82) is 0 Å². The molecule has 0 atom stereocenters. The van der Waals surface area contributed by atoms with Crippen LogP contribution in [0, 0.1) is 6.92 Å². The molecule has 1 aliphatic rings. The number of ether oxygens (including phenoxy) is 1. The molecule has 8 nitrogen and oxygen atoms in total. The van der Waals surface area contributed by atoms with E-state index in [9.17, 15) is 4.79 Å². The minimum atomic E-state index is -1.02. The summed E-state index contributed by atoms with van der Waals surface area (Å²) in [6.45, 7) is 4.42. The number of carboxylic acid groups (broad SMARTS) is 1. The molecule has 8 heteroatoms. The maximum absolute atomic E-state index is 11.0. The van der Waals surface area contributed by atoms with Gasteiger partial charge in [-0.05, 0) is 6.92 Å². The Hall–Kier alpha value is -2.22. The van der Waals surface area contributed by atoms with Crippen molar-refractivity contribution in [1.82, 2.24) is 19.6 Å². The molecule has 1 N–H and O–H groups in total. The van der Waals surface area contributed by atoms with E-state index in [1.165, 1.54) is 10.7 Å². The molecule has 2 aromatic rings. The number of aryl methyl sites for hydroxylation is 1. The first-order valence-electron chi connectivity index (χ1n) is 5.95. The second kappa shape index (κ2) is 4.47. The van der Waals surface area contributed by atoms with Gasteiger partial charge in [-0.25, -0.2) is 9.78 Å². The number of hydrogen-bond donors (Lipinski definition) is 1. The third kappa shape index (κ3) is 1.99. The van der Waals surface area contributed by atoms with E-state index in [0.29, 0.717) is 30.6 Å². The van der Waals surface area contributed by atoms with Gasteiger partial charge in [0.1, 0.15) is 0 Å². The van der Waals surface area contributed by atoms with Crippen LogP contribution in [0.5, 0.6) is 0 Å². The molecule has 0 amide bonds. The topological polar surface area (TPSA) is 92.8 Å². The summed E-state index contributed by atoms with van der Waals surface area (Å²) in [7, 11) is 0. The van der Waals surface area contributed by atoms with Gasteiger partial charge in [-0.3, -0.25) is 0 Å². The zero-order valence-corrected chi connectivity index (χ0v) is 10.4. The van der Waals surface area contributed by atoms with Crippen LogP contribution in [0.4, 0.5) is 5.95 Å². The van der Waals surface area contributed by atoms with Crippen molar-refractivity contribution in [2.75, 3.05) is 31.2 Å². The van der Waals surface area contributed by atoms with Crippen LogP contribution in [-0.2, 0) is 4.74 Å². The van der Waals surface area contributed by atoms with Crippen LogP contribution in [0.2, 0.25) is 0 Å². The molecule has 2 aromatic heterocycles. The van der Waals surface area contributed by atoms with Gasteiger partial charge in [0.15, 0.2) is 0 Å². The lowest BCUT2D eigenvalue weighted by atomic mass is 10.2. The van der Waals surface area contributed by atoms with E-state index in [1.54, 1.807) is 6.92 Å². The summed E-state index contributed by atoms with van der Waals surface area (Å²) in [5.74, 6) is -0.0549. The van der Waals surface area contributed by atoms with Crippen LogP contribution in [0.1, 0.15) is 16.1 Å². The lowest BCUT2D eigenvalue weighted by Gasteiger charge is -2.25. The number of anilines is 1. The van der Waals surface area contributed by atoms with Crippen LogP contribution in [0.25, 0.3) is 5.78 Å². The molecule has 0 aliphatic carbocycles. The molecule has 0 saturated carbocycles. The molecule has 0 unspecified atom stereocenters. The first kappa shape index (κ1) is 11.8. The largest absolute Gasteiger partial charge is 0.478 e. The highest BCUT2D eigenvalue weighted by atomic mass is 16.5. The fourth-order valence-corrected chi connectivity index (χ4v) is 2.04. The quantitative estimate of drug-likeness (QED) is 0.813. The van der Waals surface area contributed by atoms with Gasteiger partial charge < -0.3 is 14.7 Å². The van der Waals surface area contributed by atoms with Crippen LogP contribution in [-0.4, -0.2) is 57.0 Å². The first-order valence-corrected chi connectivity index (χ1v) is 5.95. The summed E-state index contributed by atoms with van der Waals surface area (Å²) >= 11 is 0. The molecule has 0 spiro atoms. The summed E-state index contributed by atoms with van der Waals surface area (Å²) in [4.78, 5) is 21.4. The Morgan fingerprint density at radius 2 is 2.16 bits per heavy atom. The summed E-state index contributed by atoms with van der Waals surface area (Å²) in [5, 5.41) is 13.4. The fraction of sp³-hybridized carbons (Fsp3) is 0.455. The van der Waals surface area contributed by atoms with E-state index in [-0.39, 0.29) is 5.56 Å². The SMILES string of the molecule is Cc1c(C(=O)O)cnc2nc(N3CCOCC3)nn12. The van der Waals surface area contributed by atoms with Crippen LogP contribution < -0.4 is 4.90 Å². The first-order chi connectivity index (χ1) is 9.16. The van der Waals surface area contributed by atoms with Crippen LogP contribution in [0.3, 0.4) is 0 Å². The Bertz CT molecular complexity index is 633. The van der Waals surface area contributed by atoms with Gasteiger partial charge in [-0.2, -0.15) is 9.50 Å². The summed E-state index contributed by atoms with van der Waals surface area (Å²) in [6.07, 6.45) is 1.31. The van der Waals surface area contributed by atoms with E-state index in [0.717, 1.165) is 13.1 Å². The molecule has 3 rings (SSSR count). The normalized spacial score (nSPS) is 15.9. The van der Waals surface area contributed by atoms with E-state index >= 15 is 0 Å². The van der Waals surface area contributed by atoms with Crippen molar-refractivity contribution in [3.8, 4) is 0 Å². The Balaban J connectivity index is 2.05. The van der Waals surface area contributed by atoms with Gasteiger partial charge >= 0.3 is 5.97 Å². The molecule has 1 fully saturated rings. The average Bonchev–Trinajstić information content (AvgIpc) is 2.85. The van der Waals surface area contributed by atoms with Crippen molar-refractivity contribution in [2.45, 2.75) is 6.92 Å². The monoisotopic (exact) mass is 263 g/mol. The molecule has 1 saturated heterocycles. The number of aromatic nitrogens is 4. The number of rotatable bonds is 2. The van der Waals surface area contributed by atoms with Crippen molar-refractivity contribution in [3.05, 3.63) is 17.5 Å². The van der Waals surface area contributed by atoms with E-state index in [1.807, 2.05) is 4.90 Å². The molecular weight excluding hydrogens is 250 g/mol. The second-order valence-corrected chi connectivity index (χ2v) is 4.29. The fourth-order valence-electron chi connectivity index (χ4n) is 2.04. The average molecular weight is 263 g/mol. The van der Waals surface area contributed by atoms with E-state index < -0.39 is 5.97 Å². The summed E-state index contributed by atoms with van der Waals surface area (Å²) < 4.78 is 6.74. The maximum atomic E-state index is 11.0. The van der Waals surface area contributed by atoms with Crippen LogP contribution in [0.15, 0.2) is 6.20 Å². The molecule has 0 aromatic carbocycles. The minimum Gasteiger partial charge on any atom is -0.478 e. The molecule has 0 radical (unpaired) electrons. The summed E-state index contributed by atoms with van der Waals surface area (Å²) in [6, 6.07) is 0. The maximum Gasteiger partial charge on any atom is 0.339 e. The number of hydrogen-bond acceptors (Lipinski definition) is 6. The molecule has 100 valence electrons. The number of carbonyl (C=O) groups is 1. The number of aromatic carboxylic acids is 1. The highest BCUT2D eigenvalue weighted by Crippen LogP contribution is 2.14. The molecular formula is C11H13N5O3. The standard InChI is InChI=1S/C11H13N5O3/c1-7-8(9(17)18)6-12-10-13-11(14-16(7)10)15-2-4-19-5-3-15/h6H,2-5H2,1H3,(H,17,18). The summed E-state index contributed by atoms with van der Waals surface area (Å²) in [5.41, 5.74) is 0.649. The zero-order chi connectivity index (χ0) is 13.4. The number of fused-ring (bicyclic) bond motifs is 1. The second-order valence-electron chi connectivity index (χ2n) is 4.29. The molecule has 0 bridgehead atoms. The predicted octanol–water partition coefficient (Wildman–Crippen LogP) is -0.0325. The van der Waals surface area contributed by atoms with Gasteiger partial charge in [0.2, 0.25) is 5.95 Å². The number of morpholine rings is 1.